The smallest absolute Gasteiger partial charge is 0.328 e. The number of esters is 1. The molecule has 2 nitrogen and oxygen atoms in total. The van der Waals surface area contributed by atoms with Crippen molar-refractivity contribution < 1.29 is 9.53 Å². The topological polar surface area (TPSA) is 26.3 Å². The van der Waals surface area contributed by atoms with Crippen molar-refractivity contribution in [2.45, 2.75) is 12.3 Å². The molecule has 1 rings (SSSR count). The summed E-state index contributed by atoms with van der Waals surface area (Å²) in [7, 11) is 1.33. The van der Waals surface area contributed by atoms with E-state index in [0.717, 1.165) is 11.1 Å². The fourth-order valence-corrected chi connectivity index (χ4v) is 1.21. The van der Waals surface area contributed by atoms with Crippen LogP contribution in [0.25, 0.3) is 0 Å². The molecule has 0 radical (unpaired) electrons. The lowest BCUT2D eigenvalue weighted by atomic mass is 10.1. The fourth-order valence-electron chi connectivity index (χ4n) is 0.975. The largest absolute Gasteiger partial charge is 0.468 e. The molecule has 3 heteroatoms. The maximum absolute atomic E-state index is 11.0. The summed E-state index contributed by atoms with van der Waals surface area (Å²) in [6.07, 6.45) is 0. The third kappa shape index (κ3) is 2.46. The Morgan fingerprint density at radius 2 is 1.92 bits per heavy atom. The SMILES string of the molecule is COC(=O)[C@H](Cl)c1ccc(C)cc1. The van der Waals surface area contributed by atoms with Gasteiger partial charge in [-0.1, -0.05) is 29.8 Å². The van der Waals surface area contributed by atoms with Gasteiger partial charge in [-0.05, 0) is 12.5 Å². The maximum atomic E-state index is 11.0. The van der Waals surface area contributed by atoms with E-state index >= 15 is 0 Å². The van der Waals surface area contributed by atoms with Crippen molar-refractivity contribution in [2.75, 3.05) is 7.11 Å². The predicted molar refractivity (Wildman–Crippen MR) is 51.8 cm³/mol. The molecule has 0 amide bonds. The van der Waals surface area contributed by atoms with Crippen molar-refractivity contribution in [3.63, 3.8) is 0 Å². The molecule has 0 aliphatic heterocycles. The number of benzene rings is 1. The van der Waals surface area contributed by atoms with Gasteiger partial charge in [-0.15, -0.1) is 11.6 Å². The first kappa shape index (κ1) is 10.1. The second-order valence-electron chi connectivity index (χ2n) is 2.80. The van der Waals surface area contributed by atoms with E-state index in [0.29, 0.717) is 0 Å². The van der Waals surface area contributed by atoms with Gasteiger partial charge in [0.15, 0.2) is 5.38 Å². The Morgan fingerprint density at radius 1 is 1.38 bits per heavy atom. The zero-order valence-electron chi connectivity index (χ0n) is 7.58. The number of alkyl halides is 1. The summed E-state index contributed by atoms with van der Waals surface area (Å²) >= 11 is 5.83. The first-order chi connectivity index (χ1) is 6.15. The molecule has 0 N–H and O–H groups in total. The van der Waals surface area contributed by atoms with E-state index in [2.05, 4.69) is 4.74 Å². The normalized spacial score (nSPS) is 12.2. The van der Waals surface area contributed by atoms with Crippen LogP contribution in [0.3, 0.4) is 0 Å². The molecule has 0 saturated heterocycles. The molecule has 0 bridgehead atoms. The van der Waals surface area contributed by atoms with Crippen LogP contribution in [0.5, 0.6) is 0 Å². The van der Waals surface area contributed by atoms with Gasteiger partial charge in [-0.3, -0.25) is 4.79 Å². The van der Waals surface area contributed by atoms with Crippen LogP contribution < -0.4 is 0 Å². The Morgan fingerprint density at radius 3 is 2.38 bits per heavy atom. The van der Waals surface area contributed by atoms with Gasteiger partial charge < -0.3 is 4.74 Å². The maximum Gasteiger partial charge on any atom is 0.328 e. The summed E-state index contributed by atoms with van der Waals surface area (Å²) in [5.74, 6) is -0.425. The molecule has 70 valence electrons. The zero-order valence-corrected chi connectivity index (χ0v) is 8.34. The number of methoxy groups -OCH3 is 1. The summed E-state index contributed by atoms with van der Waals surface area (Å²) in [5.41, 5.74) is 1.90. The molecule has 0 spiro atoms. The highest BCUT2D eigenvalue weighted by Gasteiger charge is 2.17. The number of hydrogen-bond acceptors (Lipinski definition) is 2. The molecule has 0 unspecified atom stereocenters. The van der Waals surface area contributed by atoms with E-state index in [1.807, 2.05) is 31.2 Å². The lowest BCUT2D eigenvalue weighted by Gasteiger charge is -2.06. The Balaban J connectivity index is 2.83. The highest BCUT2D eigenvalue weighted by Crippen LogP contribution is 2.21. The van der Waals surface area contributed by atoms with Crippen LogP contribution in [-0.4, -0.2) is 13.1 Å². The van der Waals surface area contributed by atoms with Gasteiger partial charge >= 0.3 is 5.97 Å². The van der Waals surface area contributed by atoms with Crippen molar-refractivity contribution in [3.05, 3.63) is 35.4 Å². The summed E-state index contributed by atoms with van der Waals surface area (Å²) in [5, 5.41) is -0.703. The number of carbonyl (C=O) groups is 1. The first-order valence-corrected chi connectivity index (χ1v) is 4.37. The minimum atomic E-state index is -0.703. The number of aryl methyl sites for hydroxylation is 1. The van der Waals surface area contributed by atoms with Crippen molar-refractivity contribution >= 4 is 17.6 Å². The molecule has 13 heavy (non-hydrogen) atoms. The first-order valence-electron chi connectivity index (χ1n) is 3.93. The summed E-state index contributed by atoms with van der Waals surface area (Å²) < 4.78 is 4.53. The van der Waals surface area contributed by atoms with Crippen LogP contribution in [0.4, 0.5) is 0 Å². The quantitative estimate of drug-likeness (QED) is 0.539. The van der Waals surface area contributed by atoms with Gasteiger partial charge in [-0.2, -0.15) is 0 Å². The Hall–Kier alpha value is -1.02. The van der Waals surface area contributed by atoms with Crippen LogP contribution >= 0.6 is 11.6 Å². The lowest BCUT2D eigenvalue weighted by Crippen LogP contribution is -2.08. The molecule has 1 aromatic rings. The van der Waals surface area contributed by atoms with E-state index in [1.165, 1.54) is 7.11 Å². The number of carbonyl (C=O) groups excluding carboxylic acids is 1. The van der Waals surface area contributed by atoms with Crippen molar-refractivity contribution in [2.24, 2.45) is 0 Å². The average molecular weight is 199 g/mol. The summed E-state index contributed by atoms with van der Waals surface area (Å²) in [6, 6.07) is 7.47. The zero-order chi connectivity index (χ0) is 9.84. The van der Waals surface area contributed by atoms with E-state index < -0.39 is 11.3 Å². The van der Waals surface area contributed by atoms with E-state index in [-0.39, 0.29) is 0 Å². The molecule has 0 aliphatic rings. The van der Waals surface area contributed by atoms with E-state index in [4.69, 9.17) is 11.6 Å². The lowest BCUT2D eigenvalue weighted by molar-refractivity contribution is -0.140. The van der Waals surface area contributed by atoms with Crippen molar-refractivity contribution in [1.29, 1.82) is 0 Å². The molecule has 0 heterocycles. The Labute approximate surface area is 82.5 Å². The summed E-state index contributed by atoms with van der Waals surface area (Å²) in [4.78, 5) is 11.0. The number of halogens is 1. The van der Waals surface area contributed by atoms with Crippen molar-refractivity contribution in [3.8, 4) is 0 Å². The number of hydrogen-bond donors (Lipinski definition) is 0. The van der Waals surface area contributed by atoms with E-state index in [9.17, 15) is 4.79 Å². The molecule has 0 fully saturated rings. The molecule has 1 atom stereocenters. The highest BCUT2D eigenvalue weighted by atomic mass is 35.5. The minimum Gasteiger partial charge on any atom is -0.468 e. The van der Waals surface area contributed by atoms with Gasteiger partial charge in [0.2, 0.25) is 0 Å². The van der Waals surface area contributed by atoms with Crippen LogP contribution in [0.2, 0.25) is 0 Å². The second kappa shape index (κ2) is 4.28. The van der Waals surface area contributed by atoms with Gasteiger partial charge in [0.05, 0.1) is 7.11 Å². The Bertz CT molecular complexity index is 292. The van der Waals surface area contributed by atoms with Gasteiger partial charge in [0.1, 0.15) is 0 Å². The monoisotopic (exact) mass is 198 g/mol. The second-order valence-corrected chi connectivity index (χ2v) is 3.23. The third-order valence-corrected chi connectivity index (χ3v) is 2.21. The minimum absolute atomic E-state index is 0.425. The molecule has 0 aromatic heterocycles. The van der Waals surface area contributed by atoms with Gasteiger partial charge in [0.25, 0.3) is 0 Å². The molecule has 1 aromatic carbocycles. The van der Waals surface area contributed by atoms with E-state index in [1.54, 1.807) is 0 Å². The average Bonchev–Trinajstić information content (AvgIpc) is 2.17. The van der Waals surface area contributed by atoms with Gasteiger partial charge in [0, 0.05) is 0 Å². The number of ether oxygens (including phenoxy) is 1. The third-order valence-electron chi connectivity index (χ3n) is 1.78. The van der Waals surface area contributed by atoms with Crippen LogP contribution in [0.1, 0.15) is 16.5 Å². The van der Waals surface area contributed by atoms with Gasteiger partial charge in [-0.25, -0.2) is 0 Å². The van der Waals surface area contributed by atoms with Crippen LogP contribution in [0, 0.1) is 6.92 Å². The highest BCUT2D eigenvalue weighted by molar-refractivity contribution is 6.29. The van der Waals surface area contributed by atoms with Crippen molar-refractivity contribution in [1.82, 2.24) is 0 Å². The Kier molecular flexibility index (Phi) is 3.32. The predicted octanol–water partition coefficient (Wildman–Crippen LogP) is 2.45. The fraction of sp³-hybridized carbons (Fsp3) is 0.300. The molecular weight excluding hydrogens is 188 g/mol. The van der Waals surface area contributed by atoms with Crippen LogP contribution in [-0.2, 0) is 9.53 Å². The molecular formula is C10H11ClO2. The summed E-state index contributed by atoms with van der Waals surface area (Å²) in [6.45, 7) is 1.98. The number of rotatable bonds is 2. The van der Waals surface area contributed by atoms with Crippen LogP contribution in [0.15, 0.2) is 24.3 Å². The molecule has 0 saturated carbocycles. The standard InChI is InChI=1S/C10H11ClO2/c1-7-3-5-8(6-4-7)9(11)10(12)13-2/h3-6,9H,1-2H3/t9-/m1/s1. The molecule has 0 aliphatic carbocycles.